The van der Waals surface area contributed by atoms with Crippen LogP contribution in [0.4, 0.5) is 10.7 Å². The van der Waals surface area contributed by atoms with Crippen LogP contribution in [0.25, 0.3) is 0 Å². The molecule has 6 heteroatoms. The number of anilines is 2. The lowest BCUT2D eigenvalue weighted by molar-refractivity contribution is 0.0968. The van der Waals surface area contributed by atoms with Crippen molar-refractivity contribution in [2.24, 2.45) is 0 Å². The second-order valence-electron chi connectivity index (χ2n) is 4.37. The second kappa shape index (κ2) is 5.27. The Kier molecular flexibility index (Phi) is 3.72. The largest absolute Gasteiger partial charge is 0.396 e. The minimum atomic E-state index is -0.242. The minimum Gasteiger partial charge on any atom is -0.396 e. The van der Waals surface area contributed by atoms with Gasteiger partial charge in [-0.1, -0.05) is 12.8 Å². The van der Waals surface area contributed by atoms with Crippen LogP contribution in [-0.4, -0.2) is 19.0 Å². The van der Waals surface area contributed by atoms with Gasteiger partial charge in [0.2, 0.25) is 0 Å². The highest BCUT2D eigenvalue weighted by atomic mass is 32.1. The zero-order chi connectivity index (χ0) is 13.1. The van der Waals surface area contributed by atoms with Crippen LogP contribution in [0.1, 0.15) is 40.9 Å². The molecule has 1 saturated carbocycles. The molecule has 1 aromatic rings. The molecule has 4 N–H and O–H groups in total. The van der Waals surface area contributed by atoms with Gasteiger partial charge in [0.15, 0.2) is 0 Å². The molecular weight excluding hydrogens is 248 g/mol. The fourth-order valence-electron chi connectivity index (χ4n) is 2.19. The van der Waals surface area contributed by atoms with Gasteiger partial charge >= 0.3 is 0 Å². The Morgan fingerprint density at radius 3 is 2.72 bits per heavy atom. The van der Waals surface area contributed by atoms with E-state index in [9.17, 15) is 4.79 Å². The number of thiophene rings is 1. The van der Waals surface area contributed by atoms with E-state index in [1.54, 1.807) is 7.05 Å². The SMILES string of the molecule is CNC(=O)c1sc(NC2CCCC2)c(C#N)c1N. The van der Waals surface area contributed by atoms with E-state index in [1.807, 2.05) is 0 Å². The minimum absolute atomic E-state index is 0.242. The number of carbonyl (C=O) groups is 1. The number of nitrogen functional groups attached to an aromatic ring is 1. The molecule has 1 aromatic heterocycles. The maximum absolute atomic E-state index is 11.6. The highest BCUT2D eigenvalue weighted by Crippen LogP contribution is 2.36. The first kappa shape index (κ1) is 12.7. The summed E-state index contributed by atoms with van der Waals surface area (Å²) in [6.07, 6.45) is 4.64. The van der Waals surface area contributed by atoms with Gasteiger partial charge in [-0.15, -0.1) is 11.3 Å². The normalized spacial score (nSPS) is 15.3. The quantitative estimate of drug-likeness (QED) is 0.777. The topological polar surface area (TPSA) is 90.9 Å². The van der Waals surface area contributed by atoms with E-state index >= 15 is 0 Å². The van der Waals surface area contributed by atoms with E-state index < -0.39 is 0 Å². The first-order valence-corrected chi connectivity index (χ1v) is 6.80. The summed E-state index contributed by atoms with van der Waals surface area (Å²) in [6, 6.07) is 2.48. The Morgan fingerprint density at radius 2 is 2.17 bits per heavy atom. The van der Waals surface area contributed by atoms with E-state index in [2.05, 4.69) is 16.7 Å². The molecule has 5 nitrogen and oxygen atoms in total. The average Bonchev–Trinajstić information content (AvgIpc) is 2.97. The number of rotatable bonds is 3. The molecule has 96 valence electrons. The molecule has 1 heterocycles. The van der Waals surface area contributed by atoms with Gasteiger partial charge in [0.25, 0.3) is 5.91 Å². The van der Waals surface area contributed by atoms with Crippen LogP contribution >= 0.6 is 11.3 Å². The van der Waals surface area contributed by atoms with Crippen molar-refractivity contribution >= 4 is 27.9 Å². The van der Waals surface area contributed by atoms with E-state index in [-0.39, 0.29) is 11.6 Å². The molecule has 0 spiro atoms. The molecule has 18 heavy (non-hydrogen) atoms. The number of nitrogens with one attached hydrogen (secondary N) is 2. The van der Waals surface area contributed by atoms with Gasteiger partial charge in [-0.2, -0.15) is 5.26 Å². The summed E-state index contributed by atoms with van der Waals surface area (Å²) in [4.78, 5) is 12.0. The third kappa shape index (κ3) is 2.27. The predicted octanol–water partition coefficient (Wildman–Crippen LogP) is 1.92. The van der Waals surface area contributed by atoms with Crippen molar-refractivity contribution in [1.82, 2.24) is 5.32 Å². The molecule has 0 aromatic carbocycles. The summed E-state index contributed by atoms with van der Waals surface area (Å²) in [5.41, 5.74) is 6.53. The Labute approximate surface area is 110 Å². The van der Waals surface area contributed by atoms with Crippen LogP contribution < -0.4 is 16.4 Å². The van der Waals surface area contributed by atoms with Gasteiger partial charge in [-0.25, -0.2) is 0 Å². The van der Waals surface area contributed by atoms with Crippen LogP contribution in [0, 0.1) is 11.3 Å². The number of carbonyl (C=O) groups excluding carboxylic acids is 1. The van der Waals surface area contributed by atoms with Crippen molar-refractivity contribution in [3.05, 3.63) is 10.4 Å². The van der Waals surface area contributed by atoms with Crippen LogP contribution in [0.3, 0.4) is 0 Å². The molecule has 1 fully saturated rings. The summed E-state index contributed by atoms with van der Waals surface area (Å²) < 4.78 is 0. The number of nitriles is 1. The van der Waals surface area contributed by atoms with Gasteiger partial charge in [-0.05, 0) is 12.8 Å². The van der Waals surface area contributed by atoms with Gasteiger partial charge in [0.05, 0.1) is 5.69 Å². The van der Waals surface area contributed by atoms with Gasteiger partial charge in [0, 0.05) is 13.1 Å². The first-order chi connectivity index (χ1) is 8.67. The number of nitrogens with zero attached hydrogens (tertiary/aromatic N) is 1. The molecule has 1 amide bonds. The molecule has 1 aliphatic carbocycles. The molecule has 0 unspecified atom stereocenters. The van der Waals surface area contributed by atoms with E-state index in [1.165, 1.54) is 24.2 Å². The van der Waals surface area contributed by atoms with Crippen molar-refractivity contribution in [3.63, 3.8) is 0 Å². The van der Waals surface area contributed by atoms with E-state index in [4.69, 9.17) is 11.0 Å². The zero-order valence-electron chi connectivity index (χ0n) is 10.2. The molecule has 0 bridgehead atoms. The third-order valence-electron chi connectivity index (χ3n) is 3.18. The Morgan fingerprint density at radius 1 is 1.50 bits per heavy atom. The van der Waals surface area contributed by atoms with E-state index in [0.717, 1.165) is 17.8 Å². The summed E-state index contributed by atoms with van der Waals surface area (Å²) in [7, 11) is 1.55. The summed E-state index contributed by atoms with van der Waals surface area (Å²) >= 11 is 1.26. The second-order valence-corrected chi connectivity index (χ2v) is 5.39. The smallest absolute Gasteiger partial charge is 0.263 e. The third-order valence-corrected chi connectivity index (χ3v) is 4.32. The molecule has 0 aliphatic heterocycles. The lowest BCUT2D eigenvalue weighted by Crippen LogP contribution is -2.17. The molecule has 1 aliphatic rings. The monoisotopic (exact) mass is 264 g/mol. The standard InChI is InChI=1S/C12H16N4OS/c1-15-11(17)10-9(14)8(6-13)12(18-10)16-7-4-2-3-5-7/h7,16H,2-5,14H2,1H3,(H,15,17). The molecule has 0 radical (unpaired) electrons. The van der Waals surface area contributed by atoms with Crippen molar-refractivity contribution in [2.75, 3.05) is 18.1 Å². The number of hydrogen-bond donors (Lipinski definition) is 3. The van der Waals surface area contributed by atoms with Crippen molar-refractivity contribution < 1.29 is 4.79 Å². The fourth-order valence-corrected chi connectivity index (χ4v) is 3.29. The van der Waals surface area contributed by atoms with Gasteiger partial charge < -0.3 is 16.4 Å². The maximum atomic E-state index is 11.6. The zero-order valence-corrected chi connectivity index (χ0v) is 11.1. The van der Waals surface area contributed by atoms with Crippen molar-refractivity contribution in [1.29, 1.82) is 5.26 Å². The lowest BCUT2D eigenvalue weighted by Gasteiger charge is -2.11. The van der Waals surface area contributed by atoms with Gasteiger partial charge in [-0.3, -0.25) is 4.79 Å². The highest BCUT2D eigenvalue weighted by molar-refractivity contribution is 7.18. The maximum Gasteiger partial charge on any atom is 0.263 e. The van der Waals surface area contributed by atoms with Crippen LogP contribution in [0.15, 0.2) is 0 Å². The summed E-state index contributed by atoms with van der Waals surface area (Å²) in [6.45, 7) is 0. The predicted molar refractivity (Wildman–Crippen MR) is 72.7 cm³/mol. The van der Waals surface area contributed by atoms with Crippen molar-refractivity contribution in [3.8, 4) is 6.07 Å². The van der Waals surface area contributed by atoms with Crippen LogP contribution in [-0.2, 0) is 0 Å². The molecule has 0 saturated heterocycles. The number of nitrogens with two attached hydrogens (primary N) is 1. The summed E-state index contributed by atoms with van der Waals surface area (Å²) in [5, 5.41) is 15.7. The first-order valence-electron chi connectivity index (χ1n) is 5.98. The highest BCUT2D eigenvalue weighted by Gasteiger charge is 2.23. The Hall–Kier alpha value is -1.74. The molecule has 2 rings (SSSR count). The lowest BCUT2D eigenvalue weighted by atomic mass is 10.2. The van der Waals surface area contributed by atoms with E-state index in [0.29, 0.717) is 16.5 Å². The van der Waals surface area contributed by atoms with Crippen LogP contribution in [0.5, 0.6) is 0 Å². The van der Waals surface area contributed by atoms with Crippen molar-refractivity contribution in [2.45, 2.75) is 31.7 Å². The summed E-state index contributed by atoms with van der Waals surface area (Å²) in [5.74, 6) is -0.242. The number of amides is 1. The Bertz CT molecular complexity index is 497. The van der Waals surface area contributed by atoms with Gasteiger partial charge in [0.1, 0.15) is 21.5 Å². The molecule has 0 atom stereocenters. The van der Waals surface area contributed by atoms with Crippen LogP contribution in [0.2, 0.25) is 0 Å². The number of hydrogen-bond acceptors (Lipinski definition) is 5. The molecular formula is C12H16N4OS. The Balaban J connectivity index is 2.29. The fraction of sp³-hybridized carbons (Fsp3) is 0.500. The average molecular weight is 264 g/mol.